The van der Waals surface area contributed by atoms with Crippen molar-refractivity contribution >= 4 is 5.78 Å². The van der Waals surface area contributed by atoms with Crippen LogP contribution < -0.4 is 0 Å². The minimum Gasteiger partial charge on any atom is -0.289 e. The molecule has 0 spiro atoms. The second-order valence-corrected chi connectivity index (χ2v) is 8.52. The van der Waals surface area contributed by atoms with Gasteiger partial charge in [0.25, 0.3) is 0 Å². The Kier molecular flexibility index (Phi) is 5.92. The summed E-state index contributed by atoms with van der Waals surface area (Å²) in [6, 6.07) is 0. The zero-order valence-corrected chi connectivity index (χ0v) is 17.0. The maximum atomic E-state index is 13.4. The number of nitrogens with zero attached hydrogens (tertiary/aromatic N) is 6. The molecule has 0 atom stereocenters. The Balaban J connectivity index is 2.00. The largest absolute Gasteiger partial charge is 0.289 e. The molecule has 7 heteroatoms. The van der Waals surface area contributed by atoms with Crippen molar-refractivity contribution in [2.75, 3.05) is 0 Å². The maximum absolute atomic E-state index is 13.4. The van der Waals surface area contributed by atoms with Crippen LogP contribution in [0.5, 0.6) is 0 Å². The van der Waals surface area contributed by atoms with Crippen LogP contribution in [-0.4, -0.2) is 5.78 Å². The molecule has 0 aromatic carbocycles. The van der Waals surface area contributed by atoms with Crippen molar-refractivity contribution in [2.24, 2.45) is 21.6 Å². The summed E-state index contributed by atoms with van der Waals surface area (Å²) in [6.45, 7) is 6.64. The highest BCUT2D eigenvalue weighted by Gasteiger charge is 2.36. The van der Waals surface area contributed by atoms with Gasteiger partial charge in [-0.2, -0.15) is 0 Å². The maximum Gasteiger partial charge on any atom is 0.185 e. The van der Waals surface area contributed by atoms with E-state index in [2.05, 4.69) is 40.8 Å². The van der Waals surface area contributed by atoms with E-state index in [1.165, 1.54) is 0 Å². The van der Waals surface area contributed by atoms with Gasteiger partial charge in [0.15, 0.2) is 5.78 Å². The van der Waals surface area contributed by atoms with E-state index in [0.717, 1.165) is 35.1 Å². The van der Waals surface area contributed by atoms with Gasteiger partial charge in [0.05, 0.1) is 0 Å². The molecular formula is C22H24N6O. The van der Waals surface area contributed by atoms with E-state index < -0.39 is 0 Å². The standard InChI is InChI=1S/C22H24N6O/c1-22(2,3)16-12-19(14-4-8-17(9-5-14)25-27-23)21(29)20(13-16)15-6-10-18(11-7-15)26-28-24/h4,6,8-11,16H,5,7,12-13H2,1-3H3. The molecule has 1 fully saturated rings. The van der Waals surface area contributed by atoms with Crippen LogP contribution in [0.1, 0.15) is 46.5 Å². The van der Waals surface area contributed by atoms with Crippen molar-refractivity contribution in [1.29, 1.82) is 0 Å². The van der Waals surface area contributed by atoms with Gasteiger partial charge < -0.3 is 0 Å². The number of carbonyl (C=O) groups excluding carboxylic acids is 1. The van der Waals surface area contributed by atoms with Crippen LogP contribution in [0.2, 0.25) is 0 Å². The summed E-state index contributed by atoms with van der Waals surface area (Å²) in [4.78, 5) is 19.1. The Labute approximate surface area is 170 Å². The van der Waals surface area contributed by atoms with E-state index in [9.17, 15) is 4.79 Å². The topological polar surface area (TPSA) is 115 Å². The summed E-state index contributed by atoms with van der Waals surface area (Å²) < 4.78 is 0. The zero-order chi connectivity index (χ0) is 21.0. The summed E-state index contributed by atoms with van der Waals surface area (Å²) >= 11 is 0. The number of azide groups is 2. The van der Waals surface area contributed by atoms with E-state index in [-0.39, 0.29) is 11.2 Å². The quantitative estimate of drug-likeness (QED) is 0.217. The SMILES string of the molecule is CC(C)(C)C1CC(=C2C=CC(N=[N+]=[N-])=CC2)C(=O)C(=C2C=CC(N=[N+]=[N-])=CC2)C1. The number of Topliss-reactive ketones (excluding diaryl/α,β-unsaturated/α-hetero) is 1. The minimum atomic E-state index is 0.0628. The number of ketones is 1. The average Bonchev–Trinajstić information content (AvgIpc) is 2.69. The molecule has 7 nitrogen and oxygen atoms in total. The number of allylic oxidation sites excluding steroid dienone is 10. The first-order valence-electron chi connectivity index (χ1n) is 9.69. The van der Waals surface area contributed by atoms with E-state index in [4.69, 9.17) is 11.1 Å². The smallest absolute Gasteiger partial charge is 0.185 e. The van der Waals surface area contributed by atoms with Crippen LogP contribution in [0.25, 0.3) is 20.9 Å². The molecule has 0 saturated heterocycles. The first kappa shape index (κ1) is 20.5. The first-order chi connectivity index (χ1) is 13.8. The summed E-state index contributed by atoms with van der Waals surface area (Å²) in [7, 11) is 0. The summed E-state index contributed by atoms with van der Waals surface area (Å²) in [5.41, 5.74) is 22.1. The average molecular weight is 388 g/mol. The fraction of sp³-hybridized carbons (Fsp3) is 0.409. The van der Waals surface area contributed by atoms with Crippen LogP contribution in [-0.2, 0) is 4.79 Å². The molecule has 0 bridgehead atoms. The Bertz CT molecular complexity index is 942. The predicted molar refractivity (Wildman–Crippen MR) is 113 cm³/mol. The summed E-state index contributed by atoms with van der Waals surface area (Å²) in [5.74, 6) is 0.447. The molecule has 29 heavy (non-hydrogen) atoms. The van der Waals surface area contributed by atoms with Gasteiger partial charge in [-0.15, -0.1) is 0 Å². The third kappa shape index (κ3) is 4.60. The summed E-state index contributed by atoms with van der Waals surface area (Å²) in [5, 5.41) is 7.27. The Morgan fingerprint density at radius 1 is 0.862 bits per heavy atom. The van der Waals surface area contributed by atoms with E-state index >= 15 is 0 Å². The number of hydrogen-bond donors (Lipinski definition) is 0. The number of carbonyl (C=O) groups is 1. The van der Waals surface area contributed by atoms with Crippen molar-refractivity contribution in [3.05, 3.63) is 91.0 Å². The predicted octanol–water partition coefficient (Wildman–Crippen LogP) is 6.91. The molecule has 0 unspecified atom stereocenters. The lowest BCUT2D eigenvalue weighted by molar-refractivity contribution is -0.113. The van der Waals surface area contributed by atoms with Gasteiger partial charge in [-0.1, -0.05) is 67.5 Å². The normalized spacial score (nSPS) is 27.0. The zero-order valence-electron chi connectivity index (χ0n) is 17.0. The highest BCUT2D eigenvalue weighted by Crippen LogP contribution is 2.44. The molecule has 0 aromatic rings. The van der Waals surface area contributed by atoms with E-state index in [1.54, 1.807) is 12.2 Å². The van der Waals surface area contributed by atoms with Gasteiger partial charge in [0.2, 0.25) is 0 Å². The Hall–Kier alpha value is -3.27. The second-order valence-electron chi connectivity index (χ2n) is 8.52. The van der Waals surface area contributed by atoms with Crippen molar-refractivity contribution in [3.8, 4) is 0 Å². The highest BCUT2D eigenvalue weighted by molar-refractivity contribution is 6.10. The number of rotatable bonds is 2. The van der Waals surface area contributed by atoms with Crippen LogP contribution in [0, 0.1) is 11.3 Å². The van der Waals surface area contributed by atoms with E-state index in [1.807, 2.05) is 24.3 Å². The Morgan fingerprint density at radius 2 is 1.31 bits per heavy atom. The molecule has 148 valence electrons. The number of hydrogen-bond acceptors (Lipinski definition) is 3. The highest BCUT2D eigenvalue weighted by atomic mass is 16.1. The fourth-order valence-electron chi connectivity index (χ4n) is 3.87. The van der Waals surface area contributed by atoms with Crippen LogP contribution >= 0.6 is 0 Å². The van der Waals surface area contributed by atoms with Gasteiger partial charge in [0, 0.05) is 32.4 Å². The second kappa shape index (κ2) is 8.39. The molecule has 0 heterocycles. The van der Waals surface area contributed by atoms with Crippen molar-refractivity contribution in [3.63, 3.8) is 0 Å². The van der Waals surface area contributed by atoms with E-state index in [0.29, 0.717) is 30.2 Å². The van der Waals surface area contributed by atoms with Gasteiger partial charge in [-0.05, 0) is 59.2 Å². The molecule has 0 N–H and O–H groups in total. The molecule has 0 aliphatic heterocycles. The molecule has 3 aliphatic rings. The Morgan fingerprint density at radius 3 is 1.62 bits per heavy atom. The van der Waals surface area contributed by atoms with Crippen LogP contribution in [0.3, 0.4) is 0 Å². The molecule has 0 aromatic heterocycles. The lowest BCUT2D eigenvalue weighted by Gasteiger charge is -2.37. The molecule has 0 amide bonds. The van der Waals surface area contributed by atoms with Gasteiger partial charge in [-0.3, -0.25) is 4.79 Å². The fourth-order valence-corrected chi connectivity index (χ4v) is 3.87. The van der Waals surface area contributed by atoms with Gasteiger partial charge >= 0.3 is 0 Å². The minimum absolute atomic E-state index is 0.0628. The molecule has 3 aliphatic carbocycles. The van der Waals surface area contributed by atoms with Crippen LogP contribution in [0.4, 0.5) is 0 Å². The van der Waals surface area contributed by atoms with Gasteiger partial charge in [0.1, 0.15) is 0 Å². The molecule has 1 saturated carbocycles. The summed E-state index contributed by atoms with van der Waals surface area (Å²) in [6.07, 6.45) is 13.7. The monoisotopic (exact) mass is 388 g/mol. The van der Waals surface area contributed by atoms with Crippen molar-refractivity contribution in [2.45, 2.75) is 46.5 Å². The van der Waals surface area contributed by atoms with Crippen molar-refractivity contribution < 1.29 is 4.79 Å². The first-order valence-corrected chi connectivity index (χ1v) is 9.69. The van der Waals surface area contributed by atoms with Crippen molar-refractivity contribution in [1.82, 2.24) is 0 Å². The molecule has 0 radical (unpaired) electrons. The lowest BCUT2D eigenvalue weighted by Crippen LogP contribution is -2.30. The van der Waals surface area contributed by atoms with Crippen LogP contribution in [0.15, 0.2) is 80.4 Å². The molecular weight excluding hydrogens is 364 g/mol. The lowest BCUT2D eigenvalue weighted by atomic mass is 9.67. The van der Waals surface area contributed by atoms with Gasteiger partial charge in [-0.25, -0.2) is 0 Å². The molecule has 3 rings (SSSR count). The third-order valence-corrected chi connectivity index (χ3v) is 5.74. The third-order valence-electron chi connectivity index (χ3n) is 5.74.